The molecule has 0 aromatic heterocycles. The third-order valence-corrected chi connectivity index (χ3v) is 3.15. The Morgan fingerprint density at radius 2 is 1.89 bits per heavy atom. The van der Waals surface area contributed by atoms with Crippen LogP contribution in [-0.2, 0) is 11.2 Å². The topological polar surface area (TPSA) is 72.2 Å². The lowest BCUT2D eigenvalue weighted by Crippen LogP contribution is -2.39. The standard InChI is InChI=1S/C15H22N2O2/c1-2-3-9-13(14(18)17-15(16)19)11-10-12-7-5-4-6-8-12/h4-8,13H,2-3,9-11H2,1H3,(H3,16,17,18,19). The molecule has 1 aromatic rings. The lowest BCUT2D eigenvalue weighted by molar-refractivity contribution is -0.124. The highest BCUT2D eigenvalue weighted by Gasteiger charge is 2.18. The highest BCUT2D eigenvalue weighted by Crippen LogP contribution is 2.16. The van der Waals surface area contributed by atoms with Gasteiger partial charge in [-0.25, -0.2) is 4.79 Å². The van der Waals surface area contributed by atoms with E-state index in [1.807, 2.05) is 30.3 Å². The minimum absolute atomic E-state index is 0.146. The van der Waals surface area contributed by atoms with Crippen molar-refractivity contribution in [1.82, 2.24) is 5.32 Å². The zero-order valence-electron chi connectivity index (χ0n) is 11.4. The van der Waals surface area contributed by atoms with Crippen LogP contribution in [0.25, 0.3) is 0 Å². The molecule has 0 aliphatic heterocycles. The molecule has 0 saturated carbocycles. The first-order valence-electron chi connectivity index (χ1n) is 6.77. The van der Waals surface area contributed by atoms with Gasteiger partial charge in [0.05, 0.1) is 0 Å². The van der Waals surface area contributed by atoms with Crippen molar-refractivity contribution in [2.24, 2.45) is 11.7 Å². The number of rotatable bonds is 7. The third kappa shape index (κ3) is 6.04. The summed E-state index contributed by atoms with van der Waals surface area (Å²) in [6.45, 7) is 2.08. The molecule has 1 aromatic carbocycles. The maximum atomic E-state index is 11.9. The monoisotopic (exact) mass is 262 g/mol. The number of imide groups is 1. The number of unbranched alkanes of at least 4 members (excludes halogenated alkanes) is 1. The van der Waals surface area contributed by atoms with Gasteiger partial charge in [0.1, 0.15) is 0 Å². The molecule has 104 valence electrons. The van der Waals surface area contributed by atoms with Crippen LogP contribution in [0.4, 0.5) is 4.79 Å². The summed E-state index contributed by atoms with van der Waals surface area (Å²) in [5.74, 6) is -0.399. The molecule has 3 N–H and O–H groups in total. The molecule has 0 aliphatic carbocycles. The first-order chi connectivity index (χ1) is 9.13. The summed E-state index contributed by atoms with van der Waals surface area (Å²) in [6, 6.07) is 9.26. The number of urea groups is 1. The average Bonchev–Trinajstić information content (AvgIpc) is 2.39. The minimum atomic E-state index is -0.772. The van der Waals surface area contributed by atoms with E-state index < -0.39 is 6.03 Å². The number of carbonyl (C=O) groups is 2. The molecular formula is C15H22N2O2. The number of hydrogen-bond donors (Lipinski definition) is 2. The van der Waals surface area contributed by atoms with E-state index in [9.17, 15) is 9.59 Å². The van der Waals surface area contributed by atoms with Crippen molar-refractivity contribution < 1.29 is 9.59 Å². The fraction of sp³-hybridized carbons (Fsp3) is 0.467. The number of hydrogen-bond acceptors (Lipinski definition) is 2. The quantitative estimate of drug-likeness (QED) is 0.792. The molecule has 0 radical (unpaired) electrons. The van der Waals surface area contributed by atoms with Gasteiger partial charge in [0, 0.05) is 5.92 Å². The predicted molar refractivity (Wildman–Crippen MR) is 75.5 cm³/mol. The van der Waals surface area contributed by atoms with Gasteiger partial charge in [0.2, 0.25) is 5.91 Å². The molecule has 1 unspecified atom stereocenters. The smallest absolute Gasteiger partial charge is 0.318 e. The van der Waals surface area contributed by atoms with E-state index in [1.54, 1.807) is 0 Å². The molecule has 0 saturated heterocycles. The highest BCUT2D eigenvalue weighted by atomic mass is 16.2. The number of primary amides is 1. The molecular weight excluding hydrogens is 240 g/mol. The number of nitrogens with one attached hydrogen (secondary N) is 1. The maximum absolute atomic E-state index is 11.9. The summed E-state index contributed by atoms with van der Waals surface area (Å²) in [6.07, 6.45) is 4.38. The first-order valence-corrected chi connectivity index (χ1v) is 6.77. The van der Waals surface area contributed by atoms with Crippen molar-refractivity contribution in [2.75, 3.05) is 0 Å². The SMILES string of the molecule is CCCCC(CCc1ccccc1)C(=O)NC(N)=O. The Balaban J connectivity index is 2.53. The number of benzene rings is 1. The maximum Gasteiger partial charge on any atom is 0.318 e. The van der Waals surface area contributed by atoms with Crippen molar-refractivity contribution in [3.8, 4) is 0 Å². The van der Waals surface area contributed by atoms with Gasteiger partial charge >= 0.3 is 6.03 Å². The summed E-state index contributed by atoms with van der Waals surface area (Å²) in [7, 11) is 0. The van der Waals surface area contributed by atoms with E-state index in [2.05, 4.69) is 12.2 Å². The van der Waals surface area contributed by atoms with Gasteiger partial charge in [-0.3, -0.25) is 10.1 Å². The fourth-order valence-corrected chi connectivity index (χ4v) is 2.07. The van der Waals surface area contributed by atoms with Gasteiger partial charge in [-0.05, 0) is 24.8 Å². The molecule has 19 heavy (non-hydrogen) atoms. The molecule has 0 aliphatic rings. The van der Waals surface area contributed by atoms with E-state index >= 15 is 0 Å². The summed E-state index contributed by atoms with van der Waals surface area (Å²) in [4.78, 5) is 22.6. The Bertz CT molecular complexity index is 404. The van der Waals surface area contributed by atoms with Crippen LogP contribution in [0.5, 0.6) is 0 Å². The Kier molecular flexibility index (Phi) is 6.64. The zero-order valence-corrected chi connectivity index (χ0v) is 11.4. The van der Waals surface area contributed by atoms with Crippen LogP contribution in [0.3, 0.4) is 0 Å². The predicted octanol–water partition coefficient (Wildman–Crippen LogP) is 2.62. The van der Waals surface area contributed by atoms with Crippen LogP contribution < -0.4 is 11.1 Å². The van der Waals surface area contributed by atoms with E-state index in [-0.39, 0.29) is 11.8 Å². The van der Waals surface area contributed by atoms with E-state index in [1.165, 1.54) is 5.56 Å². The van der Waals surface area contributed by atoms with Crippen LogP contribution in [-0.4, -0.2) is 11.9 Å². The van der Waals surface area contributed by atoms with Crippen LogP contribution in [0, 0.1) is 5.92 Å². The van der Waals surface area contributed by atoms with Gasteiger partial charge < -0.3 is 5.73 Å². The lowest BCUT2D eigenvalue weighted by Gasteiger charge is -2.15. The first kappa shape index (κ1) is 15.2. The van der Waals surface area contributed by atoms with Gasteiger partial charge in [-0.2, -0.15) is 0 Å². The van der Waals surface area contributed by atoms with E-state index in [0.29, 0.717) is 0 Å². The summed E-state index contributed by atoms with van der Waals surface area (Å²) in [5.41, 5.74) is 6.20. The lowest BCUT2D eigenvalue weighted by atomic mass is 9.93. The molecule has 1 rings (SSSR count). The normalized spacial score (nSPS) is 11.8. The van der Waals surface area contributed by atoms with Gasteiger partial charge in [-0.15, -0.1) is 0 Å². The van der Waals surface area contributed by atoms with E-state index in [0.717, 1.165) is 32.1 Å². The number of amides is 3. The zero-order chi connectivity index (χ0) is 14.1. The number of aryl methyl sites for hydroxylation is 1. The Hall–Kier alpha value is -1.84. The Morgan fingerprint density at radius 1 is 1.21 bits per heavy atom. The van der Waals surface area contributed by atoms with Crippen molar-refractivity contribution in [1.29, 1.82) is 0 Å². The molecule has 0 spiro atoms. The van der Waals surface area contributed by atoms with Crippen LogP contribution in [0.1, 0.15) is 38.2 Å². The Morgan fingerprint density at radius 3 is 2.47 bits per heavy atom. The molecule has 0 heterocycles. The van der Waals surface area contributed by atoms with Crippen molar-refractivity contribution in [3.05, 3.63) is 35.9 Å². The number of carbonyl (C=O) groups excluding carboxylic acids is 2. The third-order valence-electron chi connectivity index (χ3n) is 3.15. The minimum Gasteiger partial charge on any atom is -0.351 e. The molecule has 1 atom stereocenters. The number of nitrogens with two attached hydrogens (primary N) is 1. The second kappa shape index (κ2) is 8.29. The summed E-state index contributed by atoms with van der Waals surface area (Å²) in [5, 5.41) is 2.19. The fourth-order valence-electron chi connectivity index (χ4n) is 2.07. The van der Waals surface area contributed by atoms with Crippen LogP contribution in [0.15, 0.2) is 30.3 Å². The van der Waals surface area contributed by atoms with Crippen molar-refractivity contribution in [3.63, 3.8) is 0 Å². The van der Waals surface area contributed by atoms with Crippen molar-refractivity contribution >= 4 is 11.9 Å². The summed E-state index contributed by atoms with van der Waals surface area (Å²) >= 11 is 0. The average molecular weight is 262 g/mol. The molecule has 4 nitrogen and oxygen atoms in total. The largest absolute Gasteiger partial charge is 0.351 e. The van der Waals surface area contributed by atoms with Crippen LogP contribution in [0.2, 0.25) is 0 Å². The Labute approximate surface area is 114 Å². The highest BCUT2D eigenvalue weighted by molar-refractivity contribution is 5.94. The molecule has 0 fully saturated rings. The van der Waals surface area contributed by atoms with Gasteiger partial charge in [0.25, 0.3) is 0 Å². The summed E-state index contributed by atoms with van der Waals surface area (Å²) < 4.78 is 0. The van der Waals surface area contributed by atoms with Crippen LogP contribution >= 0.6 is 0 Å². The molecule has 0 bridgehead atoms. The second-order valence-electron chi connectivity index (χ2n) is 4.72. The van der Waals surface area contributed by atoms with E-state index in [4.69, 9.17) is 5.73 Å². The van der Waals surface area contributed by atoms with Crippen molar-refractivity contribution in [2.45, 2.75) is 39.0 Å². The van der Waals surface area contributed by atoms with Gasteiger partial charge in [0.15, 0.2) is 0 Å². The van der Waals surface area contributed by atoms with Gasteiger partial charge in [-0.1, -0.05) is 50.1 Å². The molecule has 4 heteroatoms. The molecule has 3 amide bonds. The second-order valence-corrected chi connectivity index (χ2v) is 4.72.